The molecule has 6 rings (SSSR count). The van der Waals surface area contributed by atoms with E-state index in [-0.39, 0.29) is 57.4 Å². The van der Waals surface area contributed by atoms with Crippen molar-refractivity contribution < 1.29 is 65.9 Å². The lowest BCUT2D eigenvalue weighted by Gasteiger charge is -2.27. The molecule has 5 radical (unpaired) electrons. The van der Waals surface area contributed by atoms with Crippen LogP contribution in [0.1, 0.15) is 55.6 Å². The predicted molar refractivity (Wildman–Crippen MR) is 169 cm³/mol. The maximum Gasteiger partial charge on any atom is 0.416 e. The summed E-state index contributed by atoms with van der Waals surface area (Å²) in [5.74, 6) is -0.426. The van der Waals surface area contributed by atoms with Crippen molar-refractivity contribution in [3.05, 3.63) is 207 Å². The third-order valence-electron chi connectivity index (χ3n) is 8.75. The molecule has 0 atom stereocenters. The predicted octanol–water partition coefficient (Wildman–Crippen LogP) is 13.2. The summed E-state index contributed by atoms with van der Waals surface area (Å²) in [5.41, 5.74) is -5.95. The molecule has 0 saturated heterocycles. The molecule has 1 fully saturated rings. The van der Waals surface area contributed by atoms with Gasteiger partial charge in [-0.15, -0.1) is 0 Å². The van der Waals surface area contributed by atoms with E-state index < -0.39 is 58.7 Å². The fourth-order valence-electron chi connectivity index (χ4n) is 6.20. The first-order chi connectivity index (χ1) is 25.4. The second-order valence-electron chi connectivity index (χ2n) is 12.3. The van der Waals surface area contributed by atoms with Gasteiger partial charge < -0.3 is 0 Å². The van der Waals surface area contributed by atoms with E-state index >= 15 is 0 Å². The van der Waals surface area contributed by atoms with Crippen LogP contribution in [0.5, 0.6) is 0 Å². The first-order valence-electron chi connectivity index (χ1n) is 15.7. The highest BCUT2D eigenvalue weighted by atomic mass is 19.4. The lowest BCUT2D eigenvalue weighted by Crippen LogP contribution is -2.17. The minimum atomic E-state index is -4.84. The molecule has 0 aliphatic heterocycles. The van der Waals surface area contributed by atoms with Crippen LogP contribution in [0, 0.1) is 29.6 Å². The third kappa shape index (κ3) is 8.20. The molecule has 15 heteroatoms. The van der Waals surface area contributed by atoms with Gasteiger partial charge in [0.05, 0.1) is 27.8 Å². The summed E-state index contributed by atoms with van der Waals surface area (Å²) in [5, 5.41) is 0. The Kier molecular flexibility index (Phi) is 10.1. The molecule has 0 amide bonds. The average molecular weight is 786 g/mol. The van der Waals surface area contributed by atoms with Gasteiger partial charge in [0.2, 0.25) is 0 Å². The Labute approximate surface area is 303 Å². The van der Waals surface area contributed by atoms with Gasteiger partial charge in [0.25, 0.3) is 0 Å². The highest BCUT2D eigenvalue weighted by molar-refractivity contribution is 5.85. The van der Waals surface area contributed by atoms with Gasteiger partial charge in [0.15, 0.2) is 0 Å². The molecule has 1 saturated carbocycles. The molecule has 0 heterocycles. The molecule has 0 N–H and O–H groups in total. The molecule has 5 aromatic carbocycles. The zero-order valence-electron chi connectivity index (χ0n) is 27.2. The third-order valence-corrected chi connectivity index (χ3v) is 8.75. The molecule has 0 spiro atoms. The smallest absolute Gasteiger partial charge is 0.166 e. The lowest BCUT2D eigenvalue weighted by atomic mass is 9.74. The summed E-state index contributed by atoms with van der Waals surface area (Å²) in [6.45, 7) is 0. The van der Waals surface area contributed by atoms with Gasteiger partial charge in [0.1, 0.15) is 0 Å². The molecular formula is C40H20F15. The van der Waals surface area contributed by atoms with E-state index in [2.05, 4.69) is 0 Å². The van der Waals surface area contributed by atoms with Crippen LogP contribution in [0.15, 0.2) is 121 Å². The maximum absolute atomic E-state index is 13.7. The molecule has 55 heavy (non-hydrogen) atoms. The average Bonchev–Trinajstić information content (AvgIpc) is 3.46. The fourth-order valence-corrected chi connectivity index (χ4v) is 6.20. The normalized spacial score (nSPS) is 16.3. The van der Waals surface area contributed by atoms with Crippen molar-refractivity contribution in [1.82, 2.24) is 0 Å². The quantitative estimate of drug-likeness (QED) is 0.156. The molecule has 0 nitrogen and oxygen atoms in total. The Bertz CT molecular complexity index is 1700. The monoisotopic (exact) mass is 785 g/mol. The van der Waals surface area contributed by atoms with Crippen molar-refractivity contribution in [3.63, 3.8) is 0 Å². The highest BCUT2D eigenvalue weighted by Crippen LogP contribution is 2.64. The first-order valence-corrected chi connectivity index (χ1v) is 15.7. The van der Waals surface area contributed by atoms with Gasteiger partial charge in [-0.1, -0.05) is 60.7 Å². The van der Waals surface area contributed by atoms with Crippen molar-refractivity contribution in [1.29, 1.82) is 0 Å². The fraction of sp³-hybridized carbons (Fsp3) is 0.125. The second kappa shape index (κ2) is 14.0. The maximum atomic E-state index is 13.7. The van der Waals surface area contributed by atoms with Gasteiger partial charge in [-0.3, -0.25) is 0 Å². The van der Waals surface area contributed by atoms with Gasteiger partial charge in [-0.2, -0.15) is 65.9 Å². The molecule has 0 aromatic heterocycles. The summed E-state index contributed by atoms with van der Waals surface area (Å²) >= 11 is 0. The summed E-state index contributed by atoms with van der Waals surface area (Å²) in [4.78, 5) is 0. The van der Waals surface area contributed by atoms with Gasteiger partial charge in [-0.25, -0.2) is 0 Å². The van der Waals surface area contributed by atoms with Gasteiger partial charge >= 0.3 is 30.9 Å². The van der Waals surface area contributed by atoms with E-state index in [4.69, 9.17) is 0 Å². The van der Waals surface area contributed by atoms with Crippen LogP contribution in [0.3, 0.4) is 0 Å². The van der Waals surface area contributed by atoms with E-state index in [1.807, 2.05) is 0 Å². The summed E-state index contributed by atoms with van der Waals surface area (Å²) < 4.78 is 205. The summed E-state index contributed by atoms with van der Waals surface area (Å²) in [6, 6.07) is 16.6. The van der Waals surface area contributed by atoms with E-state index in [0.717, 1.165) is 60.7 Å². The minimum absolute atomic E-state index is 0.0656. The molecule has 0 bridgehead atoms. The number of hydrogen-bond acceptors (Lipinski definition) is 0. The molecule has 1 aliphatic carbocycles. The summed E-state index contributed by atoms with van der Waals surface area (Å²) in [6.07, 6.45) is -24.2. The Morgan fingerprint density at radius 3 is 0.382 bits per heavy atom. The second-order valence-corrected chi connectivity index (χ2v) is 12.3. The largest absolute Gasteiger partial charge is 0.416 e. The Hall–Kier alpha value is -4.95. The van der Waals surface area contributed by atoms with Crippen LogP contribution >= 0.6 is 0 Å². The van der Waals surface area contributed by atoms with Crippen molar-refractivity contribution >= 4 is 0 Å². The number of rotatable bonds is 5. The lowest BCUT2D eigenvalue weighted by molar-refractivity contribution is -0.138. The zero-order valence-corrected chi connectivity index (χ0v) is 27.2. The number of halogens is 15. The topological polar surface area (TPSA) is 0 Å². The number of hydrogen-bond donors (Lipinski definition) is 0. The number of benzene rings is 5. The standard InChI is InChI=1S/C40H20F15/c41-36(42,43)26-11-1-21(2-12-26)31-32(22-3-13-27(14-4-22)37(44,45)46)34(24-7-17-29(18-8-24)39(50,51)52)35(25-9-19-30(20-10-25)40(53,54)55)33(31)23-5-15-28(16-6-23)38(47,48)49/h1-20H. The van der Waals surface area contributed by atoms with Crippen LogP contribution in [-0.4, -0.2) is 0 Å². The van der Waals surface area contributed by atoms with Crippen molar-refractivity contribution in [2.75, 3.05) is 0 Å². The van der Waals surface area contributed by atoms with E-state index in [9.17, 15) is 65.9 Å². The van der Waals surface area contributed by atoms with Gasteiger partial charge in [0, 0.05) is 29.6 Å². The molecule has 1 aliphatic rings. The van der Waals surface area contributed by atoms with Crippen LogP contribution in [0.25, 0.3) is 0 Å². The van der Waals surface area contributed by atoms with Crippen molar-refractivity contribution in [2.24, 2.45) is 0 Å². The van der Waals surface area contributed by atoms with Crippen molar-refractivity contribution in [2.45, 2.75) is 30.9 Å². The SMILES string of the molecule is FC(F)(F)c1ccc([C]2[C](c3ccc(C(F)(F)F)cc3)[C](c3ccc(C(F)(F)F)cc3)[C](c3ccc(C(F)(F)F)cc3)[C]2c2ccc(C(F)(F)F)cc2)cc1. The Morgan fingerprint density at radius 1 is 0.182 bits per heavy atom. The zero-order chi connectivity index (χ0) is 40.3. The molecular weight excluding hydrogens is 765 g/mol. The van der Waals surface area contributed by atoms with Crippen LogP contribution < -0.4 is 0 Å². The van der Waals surface area contributed by atoms with E-state index in [0.29, 0.717) is 60.7 Å². The molecule has 285 valence electrons. The molecule has 5 aromatic rings. The minimum Gasteiger partial charge on any atom is -0.166 e. The van der Waals surface area contributed by atoms with E-state index in [1.54, 1.807) is 0 Å². The summed E-state index contributed by atoms with van der Waals surface area (Å²) in [7, 11) is 0. The van der Waals surface area contributed by atoms with Crippen LogP contribution in [-0.2, 0) is 30.9 Å². The molecule has 0 unspecified atom stereocenters. The Morgan fingerprint density at radius 2 is 0.291 bits per heavy atom. The first kappa shape index (κ1) is 39.7. The van der Waals surface area contributed by atoms with E-state index in [1.165, 1.54) is 0 Å². The van der Waals surface area contributed by atoms with Crippen LogP contribution in [0.2, 0.25) is 0 Å². The Balaban J connectivity index is 1.68. The van der Waals surface area contributed by atoms with Gasteiger partial charge in [-0.05, 0) is 88.5 Å². The highest BCUT2D eigenvalue weighted by Gasteiger charge is 2.56. The van der Waals surface area contributed by atoms with Crippen molar-refractivity contribution in [3.8, 4) is 0 Å². The van der Waals surface area contributed by atoms with Crippen LogP contribution in [0.4, 0.5) is 65.9 Å². The number of alkyl halides is 15.